The van der Waals surface area contributed by atoms with E-state index in [1.165, 1.54) is 10.5 Å². The van der Waals surface area contributed by atoms with Gasteiger partial charge in [-0.3, -0.25) is 9.59 Å². The Morgan fingerprint density at radius 1 is 0.943 bits per heavy atom. The van der Waals surface area contributed by atoms with Crippen LogP contribution < -0.4 is 4.90 Å². The highest BCUT2D eigenvalue weighted by atomic mass is 35.5. The van der Waals surface area contributed by atoms with E-state index in [9.17, 15) is 9.59 Å². The highest BCUT2D eigenvalue weighted by Crippen LogP contribution is 2.38. The van der Waals surface area contributed by atoms with Gasteiger partial charge in [-0.05, 0) is 71.8 Å². The topological polar surface area (TPSA) is 42.3 Å². The van der Waals surface area contributed by atoms with Gasteiger partial charge in [0.15, 0.2) is 0 Å². The van der Waals surface area contributed by atoms with Crippen LogP contribution in [0.2, 0.25) is 15.1 Å². The van der Waals surface area contributed by atoms with Gasteiger partial charge in [0.1, 0.15) is 0 Å². The number of carbonyl (C=O) groups excluding carboxylic acids is 2. The monoisotopic (exact) mass is 540 g/mol. The van der Waals surface area contributed by atoms with Crippen LogP contribution in [-0.4, -0.2) is 15.7 Å². The highest BCUT2D eigenvalue weighted by Gasteiger charge is 2.36. The highest BCUT2D eigenvalue weighted by molar-refractivity contribution is 8.19. The van der Waals surface area contributed by atoms with Crippen molar-refractivity contribution in [3.63, 3.8) is 0 Å². The Morgan fingerprint density at radius 3 is 2.43 bits per heavy atom. The van der Waals surface area contributed by atoms with Crippen molar-refractivity contribution in [2.45, 2.75) is 19.9 Å². The first-order valence-corrected chi connectivity index (χ1v) is 12.9. The van der Waals surface area contributed by atoms with E-state index in [-0.39, 0.29) is 11.1 Å². The Labute approximate surface area is 222 Å². The summed E-state index contributed by atoms with van der Waals surface area (Å²) in [5.41, 5.74) is 4.66. The fraction of sp³-hybridized carbons (Fsp3) is 0.111. The van der Waals surface area contributed by atoms with E-state index in [1.807, 2.05) is 30.5 Å². The molecular formula is C27H19Cl3N2O2S. The largest absolute Gasteiger partial charge is 0.342 e. The van der Waals surface area contributed by atoms with E-state index >= 15 is 0 Å². The summed E-state index contributed by atoms with van der Waals surface area (Å²) in [4.78, 5) is 27.4. The van der Waals surface area contributed by atoms with Crippen LogP contribution >= 0.6 is 46.6 Å². The molecular weight excluding hydrogens is 523 g/mol. The minimum Gasteiger partial charge on any atom is -0.342 e. The molecule has 1 saturated heterocycles. The number of thioether (sulfide) groups is 1. The van der Waals surface area contributed by atoms with E-state index in [2.05, 4.69) is 17.6 Å². The Morgan fingerprint density at radius 2 is 1.71 bits per heavy atom. The summed E-state index contributed by atoms with van der Waals surface area (Å²) >= 11 is 19.2. The number of imide groups is 1. The minimum atomic E-state index is -0.348. The Bertz CT molecular complexity index is 1510. The number of rotatable bonds is 5. The Kier molecular flexibility index (Phi) is 6.69. The fourth-order valence-electron chi connectivity index (χ4n) is 4.25. The lowest BCUT2D eigenvalue weighted by molar-refractivity contribution is -0.113. The van der Waals surface area contributed by atoms with Crippen LogP contribution in [0.15, 0.2) is 71.8 Å². The van der Waals surface area contributed by atoms with Crippen LogP contribution in [-0.2, 0) is 17.8 Å². The number of aryl methyl sites for hydroxylation is 1. The number of anilines is 1. The number of carbonyl (C=O) groups is 2. The van der Waals surface area contributed by atoms with E-state index in [0.29, 0.717) is 32.2 Å². The molecule has 2 heterocycles. The van der Waals surface area contributed by atoms with Crippen molar-refractivity contribution in [3.05, 3.63) is 104 Å². The quantitative estimate of drug-likeness (QED) is 0.238. The molecule has 0 bridgehead atoms. The summed E-state index contributed by atoms with van der Waals surface area (Å²) in [6.07, 6.45) is 4.67. The lowest BCUT2D eigenvalue weighted by Gasteiger charge is -2.12. The number of para-hydroxylation sites is 1. The number of aromatic nitrogens is 1. The number of benzene rings is 3. The molecule has 0 saturated carbocycles. The summed E-state index contributed by atoms with van der Waals surface area (Å²) in [6.45, 7) is 2.70. The van der Waals surface area contributed by atoms with Crippen LogP contribution in [0.3, 0.4) is 0 Å². The SMILES string of the molecule is CCc1cccc2c(/C=C3\SC(=O)N(c4ccc(Cl)cc4)C3=O)cn(Cc3ccc(Cl)c(Cl)c3)c12. The van der Waals surface area contributed by atoms with Gasteiger partial charge >= 0.3 is 0 Å². The second-order valence-electron chi connectivity index (χ2n) is 8.12. The van der Waals surface area contributed by atoms with Gasteiger partial charge in [-0.1, -0.05) is 66.0 Å². The van der Waals surface area contributed by atoms with Crippen molar-refractivity contribution in [3.8, 4) is 0 Å². The number of nitrogens with zero attached hydrogens (tertiary/aromatic N) is 2. The standard InChI is InChI=1S/C27H19Cl3N2O2S/c1-2-17-4-3-5-21-18(15-31(25(17)21)14-16-6-11-22(29)23(30)12-16)13-24-26(33)32(27(34)35-24)20-9-7-19(28)8-10-20/h3-13,15H,2,14H2,1H3/b24-13-. The molecule has 0 spiro atoms. The van der Waals surface area contributed by atoms with Crippen molar-refractivity contribution >= 4 is 80.4 Å². The lowest BCUT2D eigenvalue weighted by atomic mass is 10.1. The third-order valence-electron chi connectivity index (χ3n) is 5.90. The first-order valence-electron chi connectivity index (χ1n) is 10.9. The van der Waals surface area contributed by atoms with Gasteiger partial charge in [0, 0.05) is 28.7 Å². The maximum atomic E-state index is 13.2. The van der Waals surface area contributed by atoms with E-state index in [4.69, 9.17) is 34.8 Å². The Balaban J connectivity index is 1.56. The average molecular weight is 542 g/mol. The van der Waals surface area contributed by atoms with Crippen LogP contribution in [0.25, 0.3) is 17.0 Å². The average Bonchev–Trinajstić information content (AvgIpc) is 3.33. The fourth-order valence-corrected chi connectivity index (χ4v) is 5.53. The van der Waals surface area contributed by atoms with Gasteiger partial charge in [-0.2, -0.15) is 0 Å². The third kappa shape index (κ3) is 4.62. The van der Waals surface area contributed by atoms with Gasteiger partial charge < -0.3 is 4.57 Å². The molecule has 176 valence electrons. The number of fused-ring (bicyclic) bond motifs is 1. The van der Waals surface area contributed by atoms with E-state index in [0.717, 1.165) is 40.2 Å². The van der Waals surface area contributed by atoms with Crippen molar-refractivity contribution in [2.75, 3.05) is 4.90 Å². The summed E-state index contributed by atoms with van der Waals surface area (Å²) in [6, 6.07) is 18.4. The molecule has 1 aromatic heterocycles. The van der Waals surface area contributed by atoms with Gasteiger partial charge in [-0.15, -0.1) is 0 Å². The zero-order chi connectivity index (χ0) is 24.7. The zero-order valence-corrected chi connectivity index (χ0v) is 21.7. The zero-order valence-electron chi connectivity index (χ0n) is 18.6. The molecule has 5 rings (SSSR count). The minimum absolute atomic E-state index is 0.336. The van der Waals surface area contributed by atoms with Crippen molar-refractivity contribution in [2.24, 2.45) is 0 Å². The lowest BCUT2D eigenvalue weighted by Crippen LogP contribution is -2.27. The van der Waals surface area contributed by atoms with Crippen molar-refractivity contribution in [1.82, 2.24) is 4.57 Å². The van der Waals surface area contributed by atoms with Crippen molar-refractivity contribution in [1.29, 1.82) is 0 Å². The van der Waals surface area contributed by atoms with Crippen LogP contribution in [0, 0.1) is 0 Å². The molecule has 1 fully saturated rings. The second kappa shape index (κ2) is 9.75. The van der Waals surface area contributed by atoms with Crippen LogP contribution in [0.4, 0.5) is 10.5 Å². The molecule has 0 N–H and O–H groups in total. The van der Waals surface area contributed by atoms with Gasteiger partial charge in [0.2, 0.25) is 0 Å². The maximum Gasteiger partial charge on any atom is 0.298 e. The molecule has 4 nitrogen and oxygen atoms in total. The van der Waals surface area contributed by atoms with Crippen LogP contribution in [0.1, 0.15) is 23.6 Å². The number of hydrogen-bond donors (Lipinski definition) is 0. The van der Waals surface area contributed by atoms with Gasteiger partial charge in [0.25, 0.3) is 11.1 Å². The molecule has 0 atom stereocenters. The molecule has 35 heavy (non-hydrogen) atoms. The molecule has 0 radical (unpaired) electrons. The first-order chi connectivity index (χ1) is 16.9. The molecule has 1 aliphatic rings. The molecule has 0 aliphatic carbocycles. The van der Waals surface area contributed by atoms with Gasteiger partial charge in [-0.25, -0.2) is 4.90 Å². The summed E-state index contributed by atoms with van der Waals surface area (Å²) in [5, 5.41) is 2.24. The second-order valence-corrected chi connectivity index (χ2v) is 10.4. The Hall–Kier alpha value is -2.70. The summed E-state index contributed by atoms with van der Waals surface area (Å²) in [7, 11) is 0. The molecule has 4 aromatic rings. The summed E-state index contributed by atoms with van der Waals surface area (Å²) < 4.78 is 2.16. The predicted octanol–water partition coefficient (Wildman–Crippen LogP) is 8.45. The maximum absolute atomic E-state index is 13.2. The van der Waals surface area contributed by atoms with Crippen LogP contribution in [0.5, 0.6) is 0 Å². The predicted molar refractivity (Wildman–Crippen MR) is 147 cm³/mol. The molecule has 2 amide bonds. The molecule has 3 aromatic carbocycles. The smallest absolute Gasteiger partial charge is 0.298 e. The number of halogens is 3. The molecule has 0 unspecified atom stereocenters. The summed E-state index contributed by atoms with van der Waals surface area (Å²) in [5.74, 6) is -0.348. The number of amides is 2. The number of hydrogen-bond acceptors (Lipinski definition) is 3. The molecule has 8 heteroatoms. The van der Waals surface area contributed by atoms with E-state index in [1.54, 1.807) is 36.4 Å². The van der Waals surface area contributed by atoms with Crippen molar-refractivity contribution < 1.29 is 9.59 Å². The third-order valence-corrected chi connectivity index (χ3v) is 7.76. The van der Waals surface area contributed by atoms with E-state index < -0.39 is 0 Å². The molecule has 1 aliphatic heterocycles. The van der Waals surface area contributed by atoms with Gasteiger partial charge in [0.05, 0.1) is 26.2 Å². The normalized spacial score (nSPS) is 15.1. The first kappa shape index (κ1) is 24.0.